The highest BCUT2D eigenvalue weighted by atomic mass is 16.6. The number of nitrogens with zero attached hydrogens (tertiary/aromatic N) is 2. The standard InChI is InChI=1S/C28H34N2O4/c1-6-24-25(33-24)26(31)29(19(2)20-12-8-7-9-13-20)17-16-21-18-30(27(32)34-28(3,4)5)23-15-11-10-14-22(21)23/h7-15,18-19,24-25H,6,16-17H2,1-5H3/t19-,24-,25+/m0/s1. The van der Waals surface area contributed by atoms with E-state index in [2.05, 4.69) is 6.92 Å². The van der Waals surface area contributed by atoms with Crippen molar-refractivity contribution >= 4 is 22.9 Å². The van der Waals surface area contributed by atoms with Crippen LogP contribution < -0.4 is 0 Å². The molecule has 0 spiro atoms. The second kappa shape index (κ2) is 9.63. The molecule has 2 heterocycles. The average Bonchev–Trinajstić information content (AvgIpc) is 3.52. The lowest BCUT2D eigenvalue weighted by Crippen LogP contribution is -2.38. The topological polar surface area (TPSA) is 64.1 Å². The molecule has 0 N–H and O–H groups in total. The van der Waals surface area contributed by atoms with Crippen LogP contribution in [0.5, 0.6) is 0 Å². The van der Waals surface area contributed by atoms with E-state index in [0.29, 0.717) is 13.0 Å². The number of carbonyl (C=O) groups is 2. The van der Waals surface area contributed by atoms with Gasteiger partial charge >= 0.3 is 6.09 Å². The van der Waals surface area contributed by atoms with E-state index in [9.17, 15) is 9.59 Å². The van der Waals surface area contributed by atoms with Crippen LogP contribution in [0.15, 0.2) is 60.8 Å². The van der Waals surface area contributed by atoms with Gasteiger partial charge in [0.05, 0.1) is 17.7 Å². The molecule has 0 saturated carbocycles. The van der Waals surface area contributed by atoms with Gasteiger partial charge in [0.1, 0.15) is 5.60 Å². The summed E-state index contributed by atoms with van der Waals surface area (Å²) in [5.74, 6) is 0.0269. The van der Waals surface area contributed by atoms with Gasteiger partial charge in [0.15, 0.2) is 6.10 Å². The van der Waals surface area contributed by atoms with Crippen LogP contribution in [-0.4, -0.2) is 45.8 Å². The lowest BCUT2D eigenvalue weighted by molar-refractivity contribution is -0.134. The van der Waals surface area contributed by atoms with Crippen molar-refractivity contribution in [2.45, 2.75) is 71.3 Å². The van der Waals surface area contributed by atoms with E-state index in [1.54, 1.807) is 4.57 Å². The van der Waals surface area contributed by atoms with Crippen LogP contribution in [0.3, 0.4) is 0 Å². The number of epoxide rings is 1. The van der Waals surface area contributed by atoms with Gasteiger partial charge in [0.2, 0.25) is 0 Å². The van der Waals surface area contributed by atoms with E-state index in [1.165, 1.54) is 0 Å². The van der Waals surface area contributed by atoms with Crippen molar-refractivity contribution in [3.05, 3.63) is 71.9 Å². The first kappa shape index (κ1) is 24.0. The maximum absolute atomic E-state index is 13.4. The number of amides is 1. The van der Waals surface area contributed by atoms with Gasteiger partial charge < -0.3 is 14.4 Å². The quantitative estimate of drug-likeness (QED) is 0.420. The first-order chi connectivity index (χ1) is 16.2. The third kappa shape index (κ3) is 5.17. The lowest BCUT2D eigenvalue weighted by Gasteiger charge is -2.29. The van der Waals surface area contributed by atoms with E-state index in [0.717, 1.165) is 28.5 Å². The summed E-state index contributed by atoms with van der Waals surface area (Å²) in [5.41, 5.74) is 2.30. The number of fused-ring (bicyclic) bond motifs is 1. The van der Waals surface area contributed by atoms with Crippen LogP contribution in [0, 0.1) is 0 Å². The van der Waals surface area contributed by atoms with Crippen LogP contribution in [0.25, 0.3) is 10.9 Å². The van der Waals surface area contributed by atoms with E-state index in [1.807, 2.05) is 93.4 Å². The molecule has 0 unspecified atom stereocenters. The molecule has 6 nitrogen and oxygen atoms in total. The Balaban J connectivity index is 1.60. The zero-order valence-electron chi connectivity index (χ0n) is 20.7. The van der Waals surface area contributed by atoms with Gasteiger partial charge in [-0.25, -0.2) is 4.79 Å². The first-order valence-electron chi connectivity index (χ1n) is 12.0. The van der Waals surface area contributed by atoms with Gasteiger partial charge in [-0.3, -0.25) is 9.36 Å². The Bertz CT molecular complexity index is 1160. The molecule has 180 valence electrons. The maximum atomic E-state index is 13.4. The molecule has 1 aliphatic heterocycles. The molecule has 1 amide bonds. The summed E-state index contributed by atoms with van der Waals surface area (Å²) in [6.45, 7) is 10.2. The minimum Gasteiger partial charge on any atom is -0.443 e. The smallest absolute Gasteiger partial charge is 0.419 e. The molecule has 1 aromatic heterocycles. The molecule has 1 fully saturated rings. The second-order valence-electron chi connectivity index (χ2n) is 9.89. The monoisotopic (exact) mass is 462 g/mol. The molecular weight excluding hydrogens is 428 g/mol. The molecule has 6 heteroatoms. The third-order valence-electron chi connectivity index (χ3n) is 6.27. The second-order valence-corrected chi connectivity index (χ2v) is 9.89. The predicted molar refractivity (Wildman–Crippen MR) is 133 cm³/mol. The van der Waals surface area contributed by atoms with E-state index in [4.69, 9.17) is 9.47 Å². The summed E-state index contributed by atoms with van der Waals surface area (Å²) >= 11 is 0. The normalized spacial score (nSPS) is 18.5. The Labute approximate surface area is 201 Å². The Morgan fingerprint density at radius 1 is 1.09 bits per heavy atom. The average molecular weight is 463 g/mol. The predicted octanol–water partition coefficient (Wildman–Crippen LogP) is 5.73. The first-order valence-corrected chi connectivity index (χ1v) is 12.0. The lowest BCUT2D eigenvalue weighted by atomic mass is 10.0. The minimum atomic E-state index is -0.586. The van der Waals surface area contributed by atoms with Gasteiger partial charge in [-0.1, -0.05) is 55.5 Å². The number of ether oxygens (including phenoxy) is 2. The number of hydrogen-bond donors (Lipinski definition) is 0. The van der Waals surface area contributed by atoms with Crippen molar-refractivity contribution in [1.82, 2.24) is 9.47 Å². The maximum Gasteiger partial charge on any atom is 0.419 e. The molecule has 4 rings (SSSR count). The summed E-state index contributed by atoms with van der Waals surface area (Å²) in [6, 6.07) is 17.8. The molecule has 1 aliphatic rings. The number of para-hydroxylation sites is 1. The van der Waals surface area contributed by atoms with Crippen LogP contribution in [0.2, 0.25) is 0 Å². The number of rotatable bonds is 7. The van der Waals surface area contributed by atoms with Gasteiger partial charge in [-0.2, -0.15) is 0 Å². The van der Waals surface area contributed by atoms with Crippen molar-refractivity contribution < 1.29 is 19.1 Å². The zero-order valence-corrected chi connectivity index (χ0v) is 20.7. The third-order valence-corrected chi connectivity index (χ3v) is 6.27. The molecule has 1 saturated heterocycles. The molecule has 0 radical (unpaired) electrons. The highest BCUT2D eigenvalue weighted by molar-refractivity contribution is 5.92. The van der Waals surface area contributed by atoms with Crippen LogP contribution in [0.1, 0.15) is 58.2 Å². The summed E-state index contributed by atoms with van der Waals surface area (Å²) < 4.78 is 12.8. The van der Waals surface area contributed by atoms with Crippen LogP contribution in [-0.2, 0) is 20.7 Å². The molecule has 0 bridgehead atoms. The summed E-state index contributed by atoms with van der Waals surface area (Å²) in [4.78, 5) is 28.1. The number of carbonyl (C=O) groups excluding carboxylic acids is 2. The van der Waals surface area contributed by atoms with Gasteiger partial charge in [-0.15, -0.1) is 0 Å². The summed E-state index contributed by atoms with van der Waals surface area (Å²) in [5, 5.41) is 0.988. The minimum absolute atomic E-state index is 0.00653. The van der Waals surface area contributed by atoms with E-state index < -0.39 is 11.7 Å². The largest absolute Gasteiger partial charge is 0.443 e. The molecule has 0 aliphatic carbocycles. The van der Waals surface area contributed by atoms with Crippen LogP contribution in [0.4, 0.5) is 4.79 Å². The fourth-order valence-electron chi connectivity index (χ4n) is 4.39. The van der Waals surface area contributed by atoms with Gasteiger partial charge in [0, 0.05) is 18.1 Å². The van der Waals surface area contributed by atoms with Crippen molar-refractivity contribution in [3.8, 4) is 0 Å². The molecular formula is C28H34N2O4. The summed E-state index contributed by atoms with van der Waals surface area (Å²) in [7, 11) is 0. The van der Waals surface area contributed by atoms with Crippen molar-refractivity contribution in [3.63, 3.8) is 0 Å². The summed E-state index contributed by atoms with van der Waals surface area (Å²) in [6.07, 6.45) is 2.52. The van der Waals surface area contributed by atoms with Crippen molar-refractivity contribution in [1.29, 1.82) is 0 Å². The highest BCUT2D eigenvalue weighted by Crippen LogP contribution is 2.31. The van der Waals surface area contributed by atoms with Crippen molar-refractivity contribution in [2.24, 2.45) is 0 Å². The Hall–Kier alpha value is -3.12. The highest BCUT2D eigenvalue weighted by Gasteiger charge is 2.46. The van der Waals surface area contributed by atoms with Crippen molar-refractivity contribution in [2.75, 3.05) is 6.54 Å². The van der Waals surface area contributed by atoms with Crippen LogP contribution >= 0.6 is 0 Å². The van der Waals surface area contributed by atoms with Gasteiger partial charge in [0.25, 0.3) is 5.91 Å². The fraction of sp³-hybridized carbons (Fsp3) is 0.429. The molecule has 2 aromatic carbocycles. The Morgan fingerprint density at radius 2 is 1.76 bits per heavy atom. The molecule has 3 atom stereocenters. The Kier molecular flexibility index (Phi) is 6.80. The Morgan fingerprint density at radius 3 is 2.41 bits per heavy atom. The fourth-order valence-corrected chi connectivity index (χ4v) is 4.39. The van der Waals surface area contributed by atoms with E-state index >= 15 is 0 Å². The SMILES string of the molecule is CC[C@@H]1O[C@H]1C(=O)N(CCc1cn(C(=O)OC(C)(C)C)c2ccccc12)[C@@H](C)c1ccccc1. The van der Waals surface area contributed by atoms with E-state index in [-0.39, 0.29) is 24.2 Å². The zero-order chi connectivity index (χ0) is 24.5. The number of benzene rings is 2. The number of hydrogen-bond acceptors (Lipinski definition) is 4. The molecule has 34 heavy (non-hydrogen) atoms. The number of aromatic nitrogens is 1. The van der Waals surface area contributed by atoms with Gasteiger partial charge in [-0.05, 0) is 57.7 Å². The molecule has 3 aromatic rings.